The number of alkyl carbamates (subject to hydrolysis) is 1. The molecule has 1 N–H and O–H groups in total. The van der Waals surface area contributed by atoms with E-state index in [-0.39, 0.29) is 6.79 Å². The number of hydrogen-bond acceptors (Lipinski definition) is 5. The Hall–Kier alpha value is -1.14. The lowest BCUT2D eigenvalue weighted by atomic mass is 10.2. The molecule has 1 amide bonds. The van der Waals surface area contributed by atoms with Gasteiger partial charge in [0, 0.05) is 13.7 Å². The highest BCUT2D eigenvalue weighted by atomic mass is 16.7. The Bertz CT molecular complexity index is 237. The Morgan fingerprint density at radius 2 is 2.06 bits per heavy atom. The standard InChI is InChI=1S/C11H21NO5/c1-11(2,3)17-10(14)12-6-5-9(7-13)16-8-15-4/h7,9H,5-6,8H2,1-4H3,(H,12,14). The average Bonchev–Trinajstić information content (AvgIpc) is 2.20. The molecule has 0 saturated carbocycles. The third kappa shape index (κ3) is 9.77. The summed E-state index contributed by atoms with van der Waals surface area (Å²) in [7, 11) is 1.47. The van der Waals surface area contributed by atoms with Crippen LogP contribution in [-0.4, -0.2) is 44.5 Å². The molecule has 0 aliphatic heterocycles. The molecule has 1 atom stereocenters. The summed E-state index contributed by atoms with van der Waals surface area (Å²) in [4.78, 5) is 21.8. The minimum Gasteiger partial charge on any atom is -0.444 e. The van der Waals surface area contributed by atoms with Crippen LogP contribution in [0.1, 0.15) is 27.2 Å². The third-order valence-electron chi connectivity index (χ3n) is 1.65. The highest BCUT2D eigenvalue weighted by Crippen LogP contribution is 2.06. The van der Waals surface area contributed by atoms with E-state index >= 15 is 0 Å². The van der Waals surface area contributed by atoms with Crippen molar-refractivity contribution in [1.82, 2.24) is 5.32 Å². The van der Waals surface area contributed by atoms with Crippen LogP contribution >= 0.6 is 0 Å². The summed E-state index contributed by atoms with van der Waals surface area (Å²) in [6, 6.07) is 0. The Morgan fingerprint density at radius 3 is 2.53 bits per heavy atom. The van der Waals surface area contributed by atoms with Crippen LogP contribution in [-0.2, 0) is 19.0 Å². The van der Waals surface area contributed by atoms with Crippen LogP contribution in [0.2, 0.25) is 0 Å². The largest absolute Gasteiger partial charge is 0.444 e. The van der Waals surface area contributed by atoms with Gasteiger partial charge in [-0.25, -0.2) is 4.79 Å². The maximum Gasteiger partial charge on any atom is 0.407 e. The summed E-state index contributed by atoms with van der Waals surface area (Å²) in [5.74, 6) is 0. The topological polar surface area (TPSA) is 73.9 Å². The van der Waals surface area contributed by atoms with Gasteiger partial charge >= 0.3 is 6.09 Å². The van der Waals surface area contributed by atoms with E-state index in [0.29, 0.717) is 19.3 Å². The van der Waals surface area contributed by atoms with Crippen molar-refractivity contribution in [3.05, 3.63) is 0 Å². The second-order valence-electron chi connectivity index (χ2n) is 4.47. The molecule has 0 spiro atoms. The number of carbonyl (C=O) groups excluding carboxylic acids is 2. The highest BCUT2D eigenvalue weighted by molar-refractivity contribution is 5.67. The summed E-state index contributed by atoms with van der Waals surface area (Å²) < 4.78 is 14.7. The molecule has 0 aromatic rings. The predicted octanol–water partition coefficient (Wildman–Crippen LogP) is 1.09. The van der Waals surface area contributed by atoms with Crippen LogP contribution in [0.25, 0.3) is 0 Å². The Kier molecular flexibility index (Phi) is 7.49. The van der Waals surface area contributed by atoms with Gasteiger partial charge in [0.1, 0.15) is 24.8 Å². The lowest BCUT2D eigenvalue weighted by Gasteiger charge is -2.20. The minimum atomic E-state index is -0.579. The number of rotatable bonds is 7. The summed E-state index contributed by atoms with van der Waals surface area (Å²) in [6.07, 6.45) is -0.0270. The molecule has 0 fully saturated rings. The Balaban J connectivity index is 3.73. The van der Waals surface area contributed by atoms with Crippen molar-refractivity contribution in [3.8, 4) is 0 Å². The fourth-order valence-electron chi connectivity index (χ4n) is 0.977. The molecule has 0 aliphatic rings. The van der Waals surface area contributed by atoms with E-state index in [1.54, 1.807) is 20.8 Å². The monoisotopic (exact) mass is 247 g/mol. The fraction of sp³-hybridized carbons (Fsp3) is 0.818. The van der Waals surface area contributed by atoms with Gasteiger partial charge in [-0.2, -0.15) is 0 Å². The second kappa shape index (κ2) is 8.03. The molecular weight excluding hydrogens is 226 g/mol. The van der Waals surface area contributed by atoms with Crippen molar-refractivity contribution in [2.24, 2.45) is 0 Å². The molecular formula is C11H21NO5. The van der Waals surface area contributed by atoms with Crippen LogP contribution in [0.3, 0.4) is 0 Å². The van der Waals surface area contributed by atoms with E-state index in [1.165, 1.54) is 7.11 Å². The van der Waals surface area contributed by atoms with Crippen molar-refractivity contribution in [1.29, 1.82) is 0 Å². The van der Waals surface area contributed by atoms with Crippen LogP contribution < -0.4 is 5.32 Å². The molecule has 6 heteroatoms. The van der Waals surface area contributed by atoms with Crippen LogP contribution in [0, 0.1) is 0 Å². The van der Waals surface area contributed by atoms with E-state index in [0.717, 1.165) is 0 Å². The fourth-order valence-corrected chi connectivity index (χ4v) is 0.977. The van der Waals surface area contributed by atoms with E-state index in [4.69, 9.17) is 9.47 Å². The Labute approximate surface area is 102 Å². The van der Waals surface area contributed by atoms with Gasteiger partial charge in [0.2, 0.25) is 0 Å². The zero-order valence-corrected chi connectivity index (χ0v) is 10.8. The summed E-state index contributed by atoms with van der Waals surface area (Å²) in [6.45, 7) is 5.70. The van der Waals surface area contributed by atoms with Gasteiger partial charge in [-0.3, -0.25) is 0 Å². The maximum absolute atomic E-state index is 11.3. The molecule has 0 aliphatic carbocycles. The molecule has 6 nitrogen and oxygen atoms in total. The molecule has 1 unspecified atom stereocenters. The first-order valence-electron chi connectivity index (χ1n) is 5.41. The summed E-state index contributed by atoms with van der Waals surface area (Å²) in [5.41, 5.74) is -0.527. The summed E-state index contributed by atoms with van der Waals surface area (Å²) in [5, 5.41) is 2.54. The van der Waals surface area contributed by atoms with Gasteiger partial charge in [0.05, 0.1) is 0 Å². The molecule has 0 saturated heterocycles. The average molecular weight is 247 g/mol. The van der Waals surface area contributed by atoms with Crippen molar-refractivity contribution in [3.63, 3.8) is 0 Å². The molecule has 0 heterocycles. The van der Waals surface area contributed by atoms with Gasteiger partial charge in [-0.1, -0.05) is 0 Å². The van der Waals surface area contributed by atoms with Gasteiger partial charge < -0.3 is 24.3 Å². The predicted molar refractivity (Wildman–Crippen MR) is 61.7 cm³/mol. The minimum absolute atomic E-state index is 0.0514. The number of ether oxygens (including phenoxy) is 3. The van der Waals surface area contributed by atoms with Gasteiger partial charge in [-0.05, 0) is 27.2 Å². The van der Waals surface area contributed by atoms with Crippen molar-refractivity contribution in [2.75, 3.05) is 20.4 Å². The van der Waals surface area contributed by atoms with Crippen molar-refractivity contribution in [2.45, 2.75) is 38.9 Å². The first kappa shape index (κ1) is 15.9. The highest BCUT2D eigenvalue weighted by Gasteiger charge is 2.16. The number of hydrogen-bond donors (Lipinski definition) is 1. The molecule has 0 radical (unpaired) electrons. The number of methoxy groups -OCH3 is 1. The first-order chi connectivity index (χ1) is 7.89. The van der Waals surface area contributed by atoms with Crippen molar-refractivity contribution < 1.29 is 23.8 Å². The molecule has 0 aromatic heterocycles. The molecule has 0 rings (SSSR count). The van der Waals surface area contributed by atoms with Crippen LogP contribution in [0.5, 0.6) is 0 Å². The van der Waals surface area contributed by atoms with E-state index in [2.05, 4.69) is 10.1 Å². The van der Waals surface area contributed by atoms with Crippen molar-refractivity contribution >= 4 is 12.4 Å². The number of nitrogens with one attached hydrogen (secondary N) is 1. The third-order valence-corrected chi connectivity index (χ3v) is 1.65. The molecule has 0 bridgehead atoms. The van der Waals surface area contributed by atoms with Gasteiger partial charge in [0.25, 0.3) is 0 Å². The van der Waals surface area contributed by atoms with Gasteiger partial charge in [0.15, 0.2) is 0 Å². The molecule has 100 valence electrons. The quantitative estimate of drug-likeness (QED) is 0.538. The number of carbonyl (C=O) groups is 2. The second-order valence-corrected chi connectivity index (χ2v) is 4.47. The lowest BCUT2D eigenvalue weighted by Crippen LogP contribution is -2.34. The normalized spacial score (nSPS) is 12.9. The SMILES string of the molecule is COCOC(C=O)CCNC(=O)OC(C)(C)C. The maximum atomic E-state index is 11.3. The van der Waals surface area contributed by atoms with Crippen LogP contribution in [0.4, 0.5) is 4.79 Å². The number of aldehydes is 1. The smallest absolute Gasteiger partial charge is 0.407 e. The van der Waals surface area contributed by atoms with Crippen LogP contribution in [0.15, 0.2) is 0 Å². The van der Waals surface area contributed by atoms with E-state index < -0.39 is 17.8 Å². The molecule has 17 heavy (non-hydrogen) atoms. The number of amides is 1. The molecule has 0 aromatic carbocycles. The zero-order valence-electron chi connectivity index (χ0n) is 10.8. The zero-order chi connectivity index (χ0) is 13.3. The first-order valence-corrected chi connectivity index (χ1v) is 5.41. The summed E-state index contributed by atoms with van der Waals surface area (Å²) >= 11 is 0. The lowest BCUT2D eigenvalue weighted by molar-refractivity contribution is -0.127. The Morgan fingerprint density at radius 1 is 1.41 bits per heavy atom. The van der Waals surface area contributed by atoms with E-state index in [1.807, 2.05) is 0 Å². The van der Waals surface area contributed by atoms with Gasteiger partial charge in [-0.15, -0.1) is 0 Å². The van der Waals surface area contributed by atoms with E-state index in [9.17, 15) is 9.59 Å².